The molecule has 0 saturated carbocycles. The van der Waals surface area contributed by atoms with Crippen LogP contribution in [0.5, 0.6) is 5.75 Å². The van der Waals surface area contributed by atoms with Gasteiger partial charge in [-0.2, -0.15) is 0 Å². The summed E-state index contributed by atoms with van der Waals surface area (Å²) in [6, 6.07) is 13.0. The van der Waals surface area contributed by atoms with E-state index in [0.29, 0.717) is 12.1 Å². The zero-order valence-electron chi connectivity index (χ0n) is 12.5. The predicted octanol–water partition coefficient (Wildman–Crippen LogP) is 3.76. The molecule has 2 aromatic carbocycles. The van der Waals surface area contributed by atoms with Crippen molar-refractivity contribution in [1.29, 1.82) is 0 Å². The lowest BCUT2D eigenvalue weighted by Gasteiger charge is -2.10. The second kappa shape index (κ2) is 6.93. The van der Waals surface area contributed by atoms with E-state index in [1.807, 2.05) is 37.3 Å². The first-order chi connectivity index (χ1) is 10.2. The molecule has 0 heterocycles. The third kappa shape index (κ3) is 3.63. The average Bonchev–Trinajstić information content (AvgIpc) is 2.52. The number of carbonyl (C=O) groups excluding carboxylic acids is 1. The summed E-state index contributed by atoms with van der Waals surface area (Å²) in [7, 11) is 0. The molecule has 0 aliphatic carbocycles. The zero-order valence-corrected chi connectivity index (χ0v) is 12.5. The number of aromatic hydroxyl groups is 1. The van der Waals surface area contributed by atoms with Crippen LogP contribution in [-0.2, 0) is 6.42 Å². The van der Waals surface area contributed by atoms with Crippen LogP contribution in [0.3, 0.4) is 0 Å². The smallest absolute Gasteiger partial charge is 0.251 e. The summed E-state index contributed by atoms with van der Waals surface area (Å²) in [6.07, 6.45) is 1.75. The Kier molecular flexibility index (Phi) is 4.99. The van der Waals surface area contributed by atoms with Crippen LogP contribution in [0.4, 0.5) is 0 Å². The van der Waals surface area contributed by atoms with Crippen LogP contribution in [0.25, 0.3) is 11.1 Å². The van der Waals surface area contributed by atoms with Gasteiger partial charge in [-0.05, 0) is 53.8 Å². The Morgan fingerprint density at radius 2 is 1.95 bits per heavy atom. The Morgan fingerprint density at radius 1 is 1.14 bits per heavy atom. The Bertz CT molecular complexity index is 635. The minimum Gasteiger partial charge on any atom is -0.508 e. The summed E-state index contributed by atoms with van der Waals surface area (Å²) in [6.45, 7) is 4.76. The van der Waals surface area contributed by atoms with Crippen molar-refractivity contribution in [3.63, 3.8) is 0 Å². The van der Waals surface area contributed by atoms with E-state index < -0.39 is 0 Å². The van der Waals surface area contributed by atoms with Gasteiger partial charge in [-0.1, -0.05) is 32.0 Å². The topological polar surface area (TPSA) is 49.3 Å². The number of phenols is 1. The van der Waals surface area contributed by atoms with Crippen molar-refractivity contribution in [3.8, 4) is 16.9 Å². The van der Waals surface area contributed by atoms with Crippen LogP contribution < -0.4 is 5.32 Å². The second-order valence-electron chi connectivity index (χ2n) is 5.03. The number of nitrogens with one attached hydrogen (secondary N) is 1. The lowest BCUT2D eigenvalue weighted by atomic mass is 9.96. The fourth-order valence-corrected chi connectivity index (χ4v) is 2.32. The van der Waals surface area contributed by atoms with E-state index in [0.717, 1.165) is 29.5 Å². The molecule has 2 aromatic rings. The molecule has 2 N–H and O–H groups in total. The van der Waals surface area contributed by atoms with Crippen molar-refractivity contribution in [2.75, 3.05) is 6.54 Å². The molecule has 0 unspecified atom stereocenters. The fourth-order valence-electron chi connectivity index (χ4n) is 2.32. The van der Waals surface area contributed by atoms with Gasteiger partial charge in [-0.25, -0.2) is 0 Å². The van der Waals surface area contributed by atoms with Gasteiger partial charge in [0.15, 0.2) is 0 Å². The van der Waals surface area contributed by atoms with Crippen LogP contribution in [0.2, 0.25) is 0 Å². The van der Waals surface area contributed by atoms with Gasteiger partial charge in [0, 0.05) is 12.1 Å². The van der Waals surface area contributed by atoms with Crippen LogP contribution in [-0.4, -0.2) is 17.6 Å². The van der Waals surface area contributed by atoms with Crippen molar-refractivity contribution in [1.82, 2.24) is 5.32 Å². The maximum Gasteiger partial charge on any atom is 0.251 e. The fraction of sp³-hybridized carbons (Fsp3) is 0.278. The van der Waals surface area contributed by atoms with E-state index in [1.54, 1.807) is 12.1 Å². The van der Waals surface area contributed by atoms with E-state index in [9.17, 15) is 9.90 Å². The van der Waals surface area contributed by atoms with Gasteiger partial charge in [0.25, 0.3) is 5.91 Å². The molecule has 0 aromatic heterocycles. The van der Waals surface area contributed by atoms with E-state index in [2.05, 4.69) is 12.2 Å². The van der Waals surface area contributed by atoms with Crippen LogP contribution in [0.15, 0.2) is 42.5 Å². The van der Waals surface area contributed by atoms with Gasteiger partial charge in [-0.3, -0.25) is 4.79 Å². The van der Waals surface area contributed by atoms with Gasteiger partial charge in [0.1, 0.15) is 5.75 Å². The highest BCUT2D eigenvalue weighted by atomic mass is 16.3. The van der Waals surface area contributed by atoms with Crippen LogP contribution in [0.1, 0.15) is 36.2 Å². The van der Waals surface area contributed by atoms with E-state index in [-0.39, 0.29) is 11.7 Å². The molecule has 0 atom stereocenters. The first-order valence-corrected chi connectivity index (χ1v) is 7.36. The van der Waals surface area contributed by atoms with Crippen molar-refractivity contribution in [2.24, 2.45) is 0 Å². The molecule has 0 spiro atoms. The maximum atomic E-state index is 12.0. The van der Waals surface area contributed by atoms with Gasteiger partial charge < -0.3 is 10.4 Å². The highest BCUT2D eigenvalue weighted by molar-refractivity contribution is 5.95. The van der Waals surface area contributed by atoms with Crippen molar-refractivity contribution in [2.45, 2.75) is 26.7 Å². The predicted molar refractivity (Wildman–Crippen MR) is 85.5 cm³/mol. The average molecular weight is 283 g/mol. The number of benzene rings is 2. The normalized spacial score (nSPS) is 10.4. The molecule has 0 saturated heterocycles. The molecule has 2 rings (SSSR count). The monoisotopic (exact) mass is 283 g/mol. The molecule has 0 radical (unpaired) electrons. The van der Waals surface area contributed by atoms with Gasteiger partial charge >= 0.3 is 0 Å². The molecule has 3 nitrogen and oxygen atoms in total. The molecule has 110 valence electrons. The second-order valence-corrected chi connectivity index (χ2v) is 5.03. The van der Waals surface area contributed by atoms with Crippen LogP contribution in [0, 0.1) is 0 Å². The molecule has 0 bridgehead atoms. The van der Waals surface area contributed by atoms with Crippen LogP contribution >= 0.6 is 0 Å². The van der Waals surface area contributed by atoms with Crippen molar-refractivity contribution < 1.29 is 9.90 Å². The first kappa shape index (κ1) is 15.1. The zero-order chi connectivity index (χ0) is 15.2. The SMILES string of the molecule is CCCNC(=O)c1cccc(-c2ccc(O)cc2CC)c1. The maximum absolute atomic E-state index is 12.0. The summed E-state index contributed by atoms with van der Waals surface area (Å²) >= 11 is 0. The third-order valence-electron chi connectivity index (χ3n) is 3.44. The minimum atomic E-state index is -0.0458. The quantitative estimate of drug-likeness (QED) is 0.877. The highest BCUT2D eigenvalue weighted by Crippen LogP contribution is 2.28. The van der Waals surface area contributed by atoms with E-state index in [1.165, 1.54) is 0 Å². The standard InChI is InChI=1S/C18H21NO2/c1-3-10-19-18(21)15-7-5-6-14(11-15)17-9-8-16(20)12-13(17)4-2/h5-9,11-12,20H,3-4,10H2,1-2H3,(H,19,21). The van der Waals surface area contributed by atoms with Crippen molar-refractivity contribution in [3.05, 3.63) is 53.6 Å². The molecule has 0 fully saturated rings. The summed E-state index contributed by atoms with van der Waals surface area (Å²) in [4.78, 5) is 12.0. The Balaban J connectivity index is 2.35. The number of hydrogen-bond acceptors (Lipinski definition) is 2. The van der Waals surface area contributed by atoms with Gasteiger partial charge in [-0.15, -0.1) is 0 Å². The minimum absolute atomic E-state index is 0.0458. The lowest BCUT2D eigenvalue weighted by molar-refractivity contribution is 0.0953. The van der Waals surface area contributed by atoms with Gasteiger partial charge in [0.2, 0.25) is 0 Å². The highest BCUT2D eigenvalue weighted by Gasteiger charge is 2.09. The Labute approximate surface area is 125 Å². The molecule has 3 heteroatoms. The summed E-state index contributed by atoms with van der Waals surface area (Å²) in [5.74, 6) is 0.225. The molecular formula is C18H21NO2. The number of aryl methyl sites for hydroxylation is 1. The number of hydrogen-bond donors (Lipinski definition) is 2. The molecule has 0 aliphatic heterocycles. The van der Waals surface area contributed by atoms with E-state index >= 15 is 0 Å². The van der Waals surface area contributed by atoms with E-state index in [4.69, 9.17) is 0 Å². The van der Waals surface area contributed by atoms with Crippen molar-refractivity contribution >= 4 is 5.91 Å². The first-order valence-electron chi connectivity index (χ1n) is 7.36. The largest absolute Gasteiger partial charge is 0.508 e. The summed E-state index contributed by atoms with van der Waals surface area (Å²) < 4.78 is 0. The number of rotatable bonds is 5. The molecule has 1 amide bonds. The molecule has 21 heavy (non-hydrogen) atoms. The lowest BCUT2D eigenvalue weighted by Crippen LogP contribution is -2.23. The molecule has 0 aliphatic rings. The number of carbonyl (C=O) groups is 1. The number of amides is 1. The summed E-state index contributed by atoms with van der Waals surface area (Å²) in [5, 5.41) is 12.5. The third-order valence-corrected chi connectivity index (χ3v) is 3.44. The Morgan fingerprint density at radius 3 is 2.67 bits per heavy atom. The van der Waals surface area contributed by atoms with Gasteiger partial charge in [0.05, 0.1) is 0 Å². The summed E-state index contributed by atoms with van der Waals surface area (Å²) in [5.41, 5.74) is 3.79. The molecular weight excluding hydrogens is 262 g/mol. The number of phenolic OH excluding ortho intramolecular Hbond substituents is 1. The Hall–Kier alpha value is -2.29.